The maximum Gasteiger partial charge on any atom is 0.310 e. The first kappa shape index (κ1) is 17.9. The molecule has 0 aliphatic heterocycles. The van der Waals surface area contributed by atoms with Crippen molar-refractivity contribution in [3.05, 3.63) is 0 Å². The van der Waals surface area contributed by atoms with Crippen molar-refractivity contribution in [3.63, 3.8) is 0 Å². The molecule has 0 saturated heterocycles. The van der Waals surface area contributed by atoms with E-state index in [9.17, 15) is 19.8 Å². The Morgan fingerprint density at radius 3 is 1.68 bits per heavy atom. The Balaban J connectivity index is 5.60. The number of unbranched alkanes of at least 4 members (excludes halogenated alkanes) is 1. The SMILES string of the molecule is CCCCC(CC(C)(C)C(=O)O)(C(=O)O)C(C)(C)C. The van der Waals surface area contributed by atoms with E-state index >= 15 is 0 Å². The van der Waals surface area contributed by atoms with Crippen molar-refractivity contribution in [2.75, 3.05) is 0 Å². The van der Waals surface area contributed by atoms with Crippen molar-refractivity contribution in [2.45, 2.75) is 67.2 Å². The Labute approximate surface area is 116 Å². The molecule has 0 saturated carbocycles. The van der Waals surface area contributed by atoms with Crippen LogP contribution < -0.4 is 0 Å². The smallest absolute Gasteiger partial charge is 0.310 e. The van der Waals surface area contributed by atoms with Crippen LogP contribution >= 0.6 is 0 Å². The highest BCUT2D eigenvalue weighted by Gasteiger charge is 2.52. The van der Waals surface area contributed by atoms with E-state index < -0.39 is 28.2 Å². The molecule has 0 aromatic carbocycles. The summed E-state index contributed by atoms with van der Waals surface area (Å²) < 4.78 is 0. The van der Waals surface area contributed by atoms with Gasteiger partial charge in [-0.25, -0.2) is 0 Å². The van der Waals surface area contributed by atoms with Gasteiger partial charge in [0.05, 0.1) is 10.8 Å². The predicted octanol–water partition coefficient (Wildman–Crippen LogP) is 3.79. The summed E-state index contributed by atoms with van der Waals surface area (Å²) >= 11 is 0. The monoisotopic (exact) mass is 272 g/mol. The molecule has 1 unspecified atom stereocenters. The second-order valence-corrected chi connectivity index (χ2v) is 7.11. The highest BCUT2D eigenvalue weighted by Crippen LogP contribution is 2.50. The van der Waals surface area contributed by atoms with Crippen LogP contribution in [0.5, 0.6) is 0 Å². The molecular formula is C15H28O4. The number of aliphatic carboxylic acids is 2. The minimum atomic E-state index is -1.04. The molecule has 0 aliphatic rings. The van der Waals surface area contributed by atoms with Gasteiger partial charge in [0.1, 0.15) is 0 Å². The second kappa shape index (κ2) is 5.93. The first-order valence-corrected chi connectivity index (χ1v) is 6.87. The van der Waals surface area contributed by atoms with E-state index in [1.165, 1.54) is 0 Å². The fourth-order valence-corrected chi connectivity index (χ4v) is 2.54. The van der Waals surface area contributed by atoms with E-state index in [2.05, 4.69) is 0 Å². The summed E-state index contributed by atoms with van der Waals surface area (Å²) in [6.45, 7) is 10.9. The normalized spacial score (nSPS) is 15.9. The molecule has 0 heterocycles. The molecule has 0 aliphatic carbocycles. The molecule has 0 rings (SSSR count). The number of hydrogen-bond donors (Lipinski definition) is 2. The topological polar surface area (TPSA) is 74.6 Å². The van der Waals surface area contributed by atoms with Gasteiger partial charge in [0.15, 0.2) is 0 Å². The third kappa shape index (κ3) is 3.95. The summed E-state index contributed by atoms with van der Waals surface area (Å²) in [4.78, 5) is 23.2. The molecule has 0 radical (unpaired) electrons. The predicted molar refractivity (Wildman–Crippen MR) is 75.1 cm³/mol. The summed E-state index contributed by atoms with van der Waals surface area (Å²) in [5, 5.41) is 19.0. The van der Waals surface area contributed by atoms with Gasteiger partial charge in [0.25, 0.3) is 0 Å². The van der Waals surface area contributed by atoms with Crippen molar-refractivity contribution in [3.8, 4) is 0 Å². The van der Waals surface area contributed by atoms with Crippen LogP contribution in [0.4, 0.5) is 0 Å². The van der Waals surface area contributed by atoms with E-state index in [0.717, 1.165) is 12.8 Å². The first-order chi connectivity index (χ1) is 8.40. The molecule has 1 atom stereocenters. The summed E-state index contributed by atoms with van der Waals surface area (Å²) in [5.74, 6) is -1.83. The second-order valence-electron chi connectivity index (χ2n) is 7.11. The molecule has 0 amide bonds. The largest absolute Gasteiger partial charge is 0.481 e. The molecule has 19 heavy (non-hydrogen) atoms. The number of hydrogen-bond acceptors (Lipinski definition) is 2. The van der Waals surface area contributed by atoms with Crippen LogP contribution in [0, 0.1) is 16.2 Å². The molecule has 0 fully saturated rings. The minimum Gasteiger partial charge on any atom is -0.481 e. The van der Waals surface area contributed by atoms with E-state index in [-0.39, 0.29) is 6.42 Å². The van der Waals surface area contributed by atoms with Crippen molar-refractivity contribution < 1.29 is 19.8 Å². The zero-order valence-electron chi connectivity index (χ0n) is 13.0. The first-order valence-electron chi connectivity index (χ1n) is 6.87. The average Bonchev–Trinajstić information content (AvgIpc) is 2.21. The fraction of sp³-hybridized carbons (Fsp3) is 0.867. The fourth-order valence-electron chi connectivity index (χ4n) is 2.54. The lowest BCUT2D eigenvalue weighted by atomic mass is 9.58. The highest BCUT2D eigenvalue weighted by atomic mass is 16.4. The van der Waals surface area contributed by atoms with Gasteiger partial charge in [-0.05, 0) is 32.1 Å². The highest BCUT2D eigenvalue weighted by molar-refractivity contribution is 5.79. The summed E-state index contributed by atoms with van der Waals surface area (Å²) in [7, 11) is 0. The lowest BCUT2D eigenvalue weighted by molar-refractivity contribution is -0.165. The van der Waals surface area contributed by atoms with Crippen LogP contribution in [-0.4, -0.2) is 22.2 Å². The molecule has 0 spiro atoms. The lowest BCUT2D eigenvalue weighted by Gasteiger charge is -2.44. The van der Waals surface area contributed by atoms with Gasteiger partial charge < -0.3 is 10.2 Å². The van der Waals surface area contributed by atoms with E-state index in [1.807, 2.05) is 27.7 Å². The van der Waals surface area contributed by atoms with Gasteiger partial charge in [-0.2, -0.15) is 0 Å². The average molecular weight is 272 g/mol. The number of rotatable bonds is 7. The Morgan fingerprint density at radius 2 is 1.42 bits per heavy atom. The Morgan fingerprint density at radius 1 is 0.947 bits per heavy atom. The van der Waals surface area contributed by atoms with Crippen molar-refractivity contribution in [1.82, 2.24) is 0 Å². The molecule has 4 heteroatoms. The zero-order valence-corrected chi connectivity index (χ0v) is 13.0. The van der Waals surface area contributed by atoms with Gasteiger partial charge in [-0.15, -0.1) is 0 Å². The van der Waals surface area contributed by atoms with E-state index in [4.69, 9.17) is 0 Å². The molecule has 112 valence electrons. The van der Waals surface area contributed by atoms with Crippen molar-refractivity contribution in [1.29, 1.82) is 0 Å². The zero-order chi connectivity index (χ0) is 15.5. The van der Waals surface area contributed by atoms with Gasteiger partial charge in [0, 0.05) is 0 Å². The summed E-state index contributed by atoms with van der Waals surface area (Å²) in [6, 6.07) is 0. The molecular weight excluding hydrogens is 244 g/mol. The van der Waals surface area contributed by atoms with Crippen LogP contribution in [0.15, 0.2) is 0 Å². The van der Waals surface area contributed by atoms with Crippen LogP contribution in [0.2, 0.25) is 0 Å². The lowest BCUT2D eigenvalue weighted by Crippen LogP contribution is -2.47. The molecule has 2 N–H and O–H groups in total. The molecule has 4 nitrogen and oxygen atoms in total. The maximum absolute atomic E-state index is 11.9. The van der Waals surface area contributed by atoms with Crippen molar-refractivity contribution in [2.24, 2.45) is 16.2 Å². The minimum absolute atomic E-state index is 0.147. The summed E-state index contributed by atoms with van der Waals surface area (Å²) in [6.07, 6.45) is 2.35. The molecule has 0 bridgehead atoms. The van der Waals surface area contributed by atoms with Gasteiger partial charge in [-0.3, -0.25) is 9.59 Å². The van der Waals surface area contributed by atoms with Crippen molar-refractivity contribution >= 4 is 11.9 Å². The molecule has 0 aromatic heterocycles. The summed E-state index contributed by atoms with van der Waals surface area (Å²) in [5.41, 5.74) is -2.54. The quantitative estimate of drug-likeness (QED) is 0.739. The van der Waals surface area contributed by atoms with E-state index in [1.54, 1.807) is 13.8 Å². The number of carboxylic acid groups (broad SMARTS) is 2. The standard InChI is InChI=1S/C15H28O4/c1-7-8-9-15(12(18)19,13(2,3)4)10-14(5,6)11(16)17/h7-10H2,1-6H3,(H,16,17)(H,18,19). The maximum atomic E-state index is 11.9. The van der Waals surface area contributed by atoms with Crippen LogP contribution in [-0.2, 0) is 9.59 Å². The third-order valence-corrected chi connectivity index (χ3v) is 4.12. The Hall–Kier alpha value is -1.06. The molecule has 0 aromatic rings. The van der Waals surface area contributed by atoms with E-state index in [0.29, 0.717) is 6.42 Å². The van der Waals surface area contributed by atoms with Crippen LogP contribution in [0.25, 0.3) is 0 Å². The third-order valence-electron chi connectivity index (χ3n) is 4.12. The number of carboxylic acids is 2. The Bertz CT molecular complexity index is 339. The van der Waals surface area contributed by atoms with Gasteiger partial charge in [-0.1, -0.05) is 40.5 Å². The van der Waals surface area contributed by atoms with Crippen LogP contribution in [0.3, 0.4) is 0 Å². The Kier molecular flexibility index (Phi) is 5.60. The number of carbonyl (C=O) groups is 2. The van der Waals surface area contributed by atoms with Gasteiger partial charge >= 0.3 is 11.9 Å². The van der Waals surface area contributed by atoms with Crippen LogP contribution in [0.1, 0.15) is 67.2 Å². The van der Waals surface area contributed by atoms with Gasteiger partial charge in [0.2, 0.25) is 0 Å².